The Morgan fingerprint density at radius 3 is 1.65 bits per heavy atom. The number of carbonyl (C=O) groups excluding carboxylic acids is 2. The standard InChI is InChI=1S/C46H85N3O15P2/c1-5-36(3)27-23-19-15-13-11-9-7-8-10-12-14-16-22-26-30-42(51)62-38(33-59-41(50)29-25-21-18-17-20-24-28-37(4)6-2)34-60-65(55,56)64-66(57,58)61-35-39-43(52)44(53)45(63-39)49-32-31-40(47)48-46(49)54/h31-32,36-39,43-45,52-53H,5-30,33-35H2,1-4H3,(H,55,56)(H,57,58)(H2,47,48,54)/t36?,37?,38-,39-,43+,44?,45-/m1/s1. The predicted octanol–water partition coefficient (Wildman–Crippen LogP) is 9.60. The van der Waals surface area contributed by atoms with Gasteiger partial charge in [0.15, 0.2) is 12.3 Å². The third-order valence-corrected chi connectivity index (χ3v) is 14.9. The van der Waals surface area contributed by atoms with Crippen LogP contribution in [0.4, 0.5) is 5.82 Å². The number of rotatable bonds is 40. The summed E-state index contributed by atoms with van der Waals surface area (Å²) in [4.78, 5) is 61.8. The van der Waals surface area contributed by atoms with Crippen LogP contribution in [0.15, 0.2) is 17.1 Å². The molecule has 66 heavy (non-hydrogen) atoms. The normalized spacial score (nSPS) is 20.6. The second-order valence-corrected chi connectivity index (χ2v) is 21.2. The number of hydrogen-bond donors (Lipinski definition) is 5. The van der Waals surface area contributed by atoms with E-state index in [-0.39, 0.29) is 18.7 Å². The van der Waals surface area contributed by atoms with Crippen LogP contribution in [0.2, 0.25) is 0 Å². The molecule has 1 aromatic rings. The molecule has 18 nitrogen and oxygen atoms in total. The van der Waals surface area contributed by atoms with Crippen molar-refractivity contribution < 1.29 is 66.3 Å². The number of aliphatic hydroxyl groups is 2. The van der Waals surface area contributed by atoms with Gasteiger partial charge in [-0.3, -0.25) is 23.2 Å². The fourth-order valence-corrected chi connectivity index (χ4v) is 9.73. The molecule has 0 bridgehead atoms. The monoisotopic (exact) mass is 982 g/mol. The van der Waals surface area contributed by atoms with Gasteiger partial charge in [0.2, 0.25) is 0 Å². The van der Waals surface area contributed by atoms with Crippen molar-refractivity contribution in [3.8, 4) is 0 Å². The lowest BCUT2D eigenvalue weighted by Crippen LogP contribution is -2.36. The molecule has 9 atom stereocenters. The average molecular weight is 982 g/mol. The number of phosphoric acid groups is 2. The van der Waals surface area contributed by atoms with Crippen molar-refractivity contribution in [3.05, 3.63) is 22.7 Å². The van der Waals surface area contributed by atoms with Crippen molar-refractivity contribution in [2.75, 3.05) is 25.6 Å². The van der Waals surface area contributed by atoms with E-state index in [9.17, 15) is 43.5 Å². The molecular weight excluding hydrogens is 896 g/mol. The lowest BCUT2D eigenvalue weighted by atomic mass is 9.99. The zero-order chi connectivity index (χ0) is 48.8. The maximum atomic E-state index is 12.8. The second kappa shape index (κ2) is 34.1. The van der Waals surface area contributed by atoms with Gasteiger partial charge >= 0.3 is 33.3 Å². The molecule has 384 valence electrons. The van der Waals surface area contributed by atoms with Crippen LogP contribution in [0.3, 0.4) is 0 Å². The van der Waals surface area contributed by atoms with Crippen LogP contribution in [0, 0.1) is 11.8 Å². The minimum Gasteiger partial charge on any atom is -0.462 e. The Balaban J connectivity index is 1.79. The fourth-order valence-electron chi connectivity index (χ4n) is 7.62. The summed E-state index contributed by atoms with van der Waals surface area (Å²) in [6.45, 7) is 6.76. The first-order valence-corrected chi connectivity index (χ1v) is 27.8. The number of nitrogens with zero attached hydrogens (tertiary/aromatic N) is 2. The van der Waals surface area contributed by atoms with Crippen LogP contribution in [0.1, 0.15) is 201 Å². The third kappa shape index (κ3) is 27.1. The fraction of sp³-hybridized carbons (Fsp3) is 0.870. The lowest BCUT2D eigenvalue weighted by Gasteiger charge is -2.21. The number of phosphoric ester groups is 2. The maximum absolute atomic E-state index is 12.8. The van der Waals surface area contributed by atoms with E-state index in [1.54, 1.807) is 0 Å². The number of esters is 2. The molecule has 0 spiro atoms. The summed E-state index contributed by atoms with van der Waals surface area (Å²) in [5.74, 6) is 0.285. The SMILES string of the molecule is CCC(C)CCCCCCCCCCCCCCCCC(=O)O[C@H](COC(=O)CCCCCCCCC(C)CC)COP(=O)(O)OP(=O)(O)OC[C@H]1O[C@@H](n2ccc(N)nc2=O)C(O)[C@H]1O. The highest BCUT2D eigenvalue weighted by molar-refractivity contribution is 7.61. The first kappa shape index (κ1) is 59.9. The van der Waals surface area contributed by atoms with Crippen molar-refractivity contribution in [1.29, 1.82) is 0 Å². The summed E-state index contributed by atoms with van der Waals surface area (Å²) in [5, 5.41) is 20.9. The van der Waals surface area contributed by atoms with E-state index in [4.69, 9.17) is 29.0 Å². The van der Waals surface area contributed by atoms with Crippen LogP contribution in [0.25, 0.3) is 0 Å². The Bertz CT molecular complexity index is 1640. The predicted molar refractivity (Wildman–Crippen MR) is 252 cm³/mol. The summed E-state index contributed by atoms with van der Waals surface area (Å²) < 4.78 is 56.7. The number of unbranched alkanes of at least 4 members (excludes halogenated alkanes) is 18. The molecule has 1 aromatic heterocycles. The third-order valence-electron chi connectivity index (χ3n) is 12.3. The van der Waals surface area contributed by atoms with E-state index in [0.717, 1.165) is 67.8 Å². The van der Waals surface area contributed by atoms with Crippen molar-refractivity contribution in [2.24, 2.45) is 11.8 Å². The molecular formula is C46H85N3O15P2. The minimum atomic E-state index is -5.42. The van der Waals surface area contributed by atoms with E-state index in [2.05, 4.69) is 37.0 Å². The minimum absolute atomic E-state index is 0.0561. The highest BCUT2D eigenvalue weighted by Gasteiger charge is 2.46. The van der Waals surface area contributed by atoms with E-state index in [1.165, 1.54) is 102 Å². The number of ether oxygens (including phenoxy) is 3. The zero-order valence-corrected chi connectivity index (χ0v) is 42.1. The number of carbonyl (C=O) groups is 2. The number of nitrogens with two attached hydrogens (primary N) is 1. The van der Waals surface area contributed by atoms with Crippen LogP contribution in [-0.4, -0.2) is 85.7 Å². The highest BCUT2D eigenvalue weighted by Crippen LogP contribution is 2.60. The summed E-state index contributed by atoms with van der Waals surface area (Å²) in [5.41, 5.74) is 4.59. The van der Waals surface area contributed by atoms with Crippen molar-refractivity contribution in [2.45, 2.75) is 225 Å². The van der Waals surface area contributed by atoms with Gasteiger partial charge < -0.3 is 39.9 Å². The van der Waals surface area contributed by atoms with Crippen molar-refractivity contribution >= 4 is 33.4 Å². The molecule has 0 amide bonds. The molecule has 20 heteroatoms. The quantitative estimate of drug-likeness (QED) is 0.0233. The Morgan fingerprint density at radius 1 is 0.712 bits per heavy atom. The highest BCUT2D eigenvalue weighted by atomic mass is 31.3. The molecule has 5 unspecified atom stereocenters. The van der Waals surface area contributed by atoms with Gasteiger partial charge in [-0.05, 0) is 30.7 Å². The number of nitrogen functional groups attached to an aromatic ring is 1. The molecule has 0 saturated carbocycles. The first-order chi connectivity index (χ1) is 31.5. The molecule has 2 rings (SSSR count). The number of hydrogen-bond acceptors (Lipinski definition) is 15. The van der Waals surface area contributed by atoms with E-state index < -0.39 is 83.7 Å². The van der Waals surface area contributed by atoms with Crippen LogP contribution in [-0.2, 0) is 46.3 Å². The Hall–Kier alpha value is -2.24. The summed E-state index contributed by atoms with van der Waals surface area (Å²) in [6, 6.07) is 1.25. The number of anilines is 1. The molecule has 1 fully saturated rings. The van der Waals surface area contributed by atoms with Crippen LogP contribution < -0.4 is 11.4 Å². The molecule has 1 aliphatic heterocycles. The van der Waals surface area contributed by atoms with Gasteiger partial charge in [0.1, 0.15) is 30.7 Å². The molecule has 6 N–H and O–H groups in total. The van der Waals surface area contributed by atoms with E-state index >= 15 is 0 Å². The van der Waals surface area contributed by atoms with Gasteiger partial charge in [-0.25, -0.2) is 13.9 Å². The van der Waals surface area contributed by atoms with Gasteiger partial charge in [-0.15, -0.1) is 0 Å². The van der Waals surface area contributed by atoms with Gasteiger partial charge in [0, 0.05) is 19.0 Å². The first-order valence-electron chi connectivity index (χ1n) is 24.8. The van der Waals surface area contributed by atoms with E-state index in [0.29, 0.717) is 12.8 Å². The van der Waals surface area contributed by atoms with Gasteiger partial charge in [0.25, 0.3) is 0 Å². The van der Waals surface area contributed by atoms with Crippen LogP contribution >= 0.6 is 15.6 Å². The molecule has 0 aliphatic carbocycles. The molecule has 1 aliphatic rings. The lowest BCUT2D eigenvalue weighted by molar-refractivity contribution is -0.161. The summed E-state index contributed by atoms with van der Waals surface area (Å²) in [6.07, 6.45) is 20.7. The molecule has 0 radical (unpaired) electrons. The number of aromatic nitrogens is 2. The maximum Gasteiger partial charge on any atom is 0.481 e. The molecule has 0 aromatic carbocycles. The largest absolute Gasteiger partial charge is 0.481 e. The Kier molecular flexibility index (Phi) is 31.0. The Morgan fingerprint density at radius 2 is 1.17 bits per heavy atom. The van der Waals surface area contributed by atoms with Crippen molar-refractivity contribution in [1.82, 2.24) is 9.55 Å². The van der Waals surface area contributed by atoms with Crippen molar-refractivity contribution in [3.63, 3.8) is 0 Å². The van der Waals surface area contributed by atoms with Gasteiger partial charge in [0.05, 0.1) is 13.2 Å². The van der Waals surface area contributed by atoms with E-state index in [1.807, 2.05) is 0 Å². The average Bonchev–Trinajstić information content (AvgIpc) is 3.55. The Labute approximate surface area is 393 Å². The summed E-state index contributed by atoms with van der Waals surface area (Å²) >= 11 is 0. The van der Waals surface area contributed by atoms with Gasteiger partial charge in [-0.1, -0.05) is 169 Å². The smallest absolute Gasteiger partial charge is 0.462 e. The zero-order valence-electron chi connectivity index (χ0n) is 40.3. The topological polar surface area (TPSA) is 265 Å². The summed E-state index contributed by atoms with van der Waals surface area (Å²) in [7, 11) is -10.8. The van der Waals surface area contributed by atoms with Gasteiger partial charge in [-0.2, -0.15) is 9.29 Å². The molecule has 1 saturated heterocycles. The molecule has 2 heterocycles. The number of aliphatic hydroxyl groups excluding tert-OH is 2. The second-order valence-electron chi connectivity index (χ2n) is 18.2. The van der Waals surface area contributed by atoms with Crippen LogP contribution in [0.5, 0.6) is 0 Å².